The quantitative estimate of drug-likeness (QED) is 0.568. The maximum atomic E-state index is 14.4. The Kier molecular flexibility index (Phi) is 6.88. The molecule has 1 N–H and O–H groups in total. The molecule has 4 heterocycles. The number of carbonyl (C=O) groups excluding carboxylic acids is 3. The molecule has 1 spiro atoms. The molecule has 5 atom stereocenters. The molecule has 39 heavy (non-hydrogen) atoms. The van der Waals surface area contributed by atoms with Gasteiger partial charge in [-0.25, -0.2) is 0 Å². The molecule has 1 unspecified atom stereocenters. The van der Waals surface area contributed by atoms with Crippen LogP contribution in [0.3, 0.4) is 0 Å². The zero-order chi connectivity index (χ0) is 27.2. The lowest BCUT2D eigenvalue weighted by Crippen LogP contribution is -2.58. The number of benzene rings is 1. The highest BCUT2D eigenvalue weighted by Gasteiger charge is 2.75. The van der Waals surface area contributed by atoms with Crippen LogP contribution in [-0.2, 0) is 25.7 Å². The Morgan fingerprint density at radius 1 is 0.923 bits per heavy atom. The summed E-state index contributed by atoms with van der Waals surface area (Å²) in [5.74, 6) is -2.13. The Morgan fingerprint density at radius 2 is 1.67 bits per heavy atom. The Hall–Kier alpha value is -2.97. The second kappa shape index (κ2) is 10.2. The fraction of sp³-hybridized carbons (Fsp3) is 0.581. The predicted molar refractivity (Wildman–Crippen MR) is 145 cm³/mol. The van der Waals surface area contributed by atoms with Gasteiger partial charge in [-0.3, -0.25) is 14.4 Å². The zero-order valence-electron chi connectivity index (χ0n) is 22.7. The van der Waals surface area contributed by atoms with Crippen LogP contribution in [0.15, 0.2) is 54.6 Å². The Morgan fingerprint density at radius 3 is 2.38 bits per heavy atom. The Bertz CT molecular complexity index is 1180. The van der Waals surface area contributed by atoms with Crippen molar-refractivity contribution in [3.8, 4) is 0 Å². The van der Waals surface area contributed by atoms with Crippen molar-refractivity contribution in [3.63, 3.8) is 0 Å². The minimum Gasteiger partial charge on any atom is -0.395 e. The first kappa shape index (κ1) is 26.3. The molecular weight excluding hydrogens is 494 g/mol. The number of amides is 3. The van der Waals surface area contributed by atoms with Crippen molar-refractivity contribution in [2.45, 2.75) is 75.3 Å². The number of rotatable bonds is 6. The summed E-state index contributed by atoms with van der Waals surface area (Å²) in [6, 6.07) is 9.07. The molecule has 1 aromatic rings. The SMILES string of the molecule is CC[C@@]12C=CCN(Cc3ccccc3)C(=O)[C@@H]1[C@H]1C(=O)N(CCO)C3C(=O)N(C4CCCCC4)CC=C[C@@]31O2. The molecular formula is C31H39N3O5. The maximum absolute atomic E-state index is 14.4. The van der Waals surface area contributed by atoms with Crippen LogP contribution in [0, 0.1) is 11.8 Å². The van der Waals surface area contributed by atoms with Crippen molar-refractivity contribution >= 4 is 17.7 Å². The van der Waals surface area contributed by atoms with E-state index in [1.807, 2.05) is 66.5 Å². The number of fused-ring (bicyclic) bond motifs is 2. The summed E-state index contributed by atoms with van der Waals surface area (Å²) in [6.45, 7) is 3.08. The van der Waals surface area contributed by atoms with Gasteiger partial charge in [-0.05, 0) is 24.8 Å². The lowest BCUT2D eigenvalue weighted by atomic mass is 9.73. The van der Waals surface area contributed by atoms with Crippen LogP contribution < -0.4 is 0 Å². The Balaban J connectivity index is 1.42. The molecule has 1 aliphatic carbocycles. The maximum Gasteiger partial charge on any atom is 0.249 e. The molecule has 1 saturated carbocycles. The molecule has 6 rings (SSSR count). The van der Waals surface area contributed by atoms with E-state index >= 15 is 0 Å². The largest absolute Gasteiger partial charge is 0.395 e. The van der Waals surface area contributed by atoms with Crippen LogP contribution in [-0.4, -0.2) is 87.1 Å². The minimum absolute atomic E-state index is 0.0345. The molecule has 1 aromatic carbocycles. The summed E-state index contributed by atoms with van der Waals surface area (Å²) in [7, 11) is 0. The number of carbonyl (C=O) groups is 3. The van der Waals surface area contributed by atoms with Crippen LogP contribution in [0.25, 0.3) is 0 Å². The van der Waals surface area contributed by atoms with Gasteiger partial charge in [-0.15, -0.1) is 0 Å². The van der Waals surface area contributed by atoms with Crippen LogP contribution in [0.5, 0.6) is 0 Å². The topological polar surface area (TPSA) is 90.4 Å². The van der Waals surface area contributed by atoms with Gasteiger partial charge in [-0.1, -0.05) is 80.8 Å². The minimum atomic E-state index is -1.26. The number of hydrogen-bond donors (Lipinski definition) is 1. The number of hydrogen-bond acceptors (Lipinski definition) is 5. The van der Waals surface area contributed by atoms with E-state index < -0.39 is 29.1 Å². The van der Waals surface area contributed by atoms with Gasteiger partial charge in [0.05, 0.1) is 24.0 Å². The first-order valence-corrected chi connectivity index (χ1v) is 14.6. The summed E-state index contributed by atoms with van der Waals surface area (Å²) in [5, 5.41) is 9.94. The molecule has 4 aliphatic heterocycles. The van der Waals surface area contributed by atoms with Crippen LogP contribution in [0.1, 0.15) is 51.0 Å². The average molecular weight is 534 g/mol. The van der Waals surface area contributed by atoms with Crippen molar-refractivity contribution in [2.75, 3.05) is 26.2 Å². The summed E-state index contributed by atoms with van der Waals surface area (Å²) in [5.41, 5.74) is -1.23. The number of likely N-dealkylation sites (tertiary alicyclic amines) is 1. The molecule has 5 aliphatic rings. The smallest absolute Gasteiger partial charge is 0.249 e. The molecule has 0 aromatic heterocycles. The van der Waals surface area contributed by atoms with E-state index in [-0.39, 0.29) is 36.9 Å². The lowest BCUT2D eigenvalue weighted by molar-refractivity contribution is -0.156. The highest BCUT2D eigenvalue weighted by molar-refractivity contribution is 6.00. The van der Waals surface area contributed by atoms with E-state index in [9.17, 15) is 19.5 Å². The van der Waals surface area contributed by atoms with Gasteiger partial charge in [-0.2, -0.15) is 0 Å². The predicted octanol–water partition coefficient (Wildman–Crippen LogP) is 2.67. The van der Waals surface area contributed by atoms with Gasteiger partial charge in [0, 0.05) is 32.2 Å². The molecule has 8 heteroatoms. The third-order valence-electron chi connectivity index (χ3n) is 9.63. The first-order chi connectivity index (χ1) is 19.0. The molecule has 8 nitrogen and oxygen atoms in total. The number of nitrogens with zero attached hydrogens (tertiary/aromatic N) is 3. The highest BCUT2D eigenvalue weighted by Crippen LogP contribution is 2.58. The third kappa shape index (κ3) is 4.06. The van der Waals surface area contributed by atoms with E-state index in [2.05, 4.69) is 0 Å². The molecule has 0 radical (unpaired) electrons. The third-order valence-corrected chi connectivity index (χ3v) is 9.63. The van der Waals surface area contributed by atoms with E-state index in [1.54, 1.807) is 4.90 Å². The summed E-state index contributed by atoms with van der Waals surface area (Å²) in [6.07, 6.45) is 13.6. The standard InChI is InChI=1S/C31H39N3O5/c1-2-30-15-9-17-32(21-22-11-5-3-6-12-22)27(36)24(30)25-28(37)34(19-20-35)26-29(38)33(23-13-7-4-8-14-23)18-10-16-31(25,26)39-30/h3,5-6,9-12,15-16,23-26,35H,2,4,7-8,13-14,17-21H2,1H3/t24-,25-,26?,30+,31-/m0/s1. The highest BCUT2D eigenvalue weighted by atomic mass is 16.5. The summed E-state index contributed by atoms with van der Waals surface area (Å²) < 4.78 is 6.99. The van der Waals surface area contributed by atoms with Crippen molar-refractivity contribution in [2.24, 2.45) is 11.8 Å². The van der Waals surface area contributed by atoms with E-state index in [0.717, 1.165) is 31.2 Å². The number of β-amino-alcohol motifs (C(OH)–C–C–N with tert-alkyl or cyclic N) is 1. The van der Waals surface area contributed by atoms with Gasteiger partial charge in [0.25, 0.3) is 0 Å². The molecule has 3 amide bonds. The molecule has 208 valence electrons. The van der Waals surface area contributed by atoms with Crippen molar-refractivity contribution in [1.82, 2.24) is 14.7 Å². The van der Waals surface area contributed by atoms with E-state index in [1.165, 1.54) is 11.3 Å². The number of aliphatic hydroxyl groups excluding tert-OH is 1. The van der Waals surface area contributed by atoms with Gasteiger partial charge >= 0.3 is 0 Å². The van der Waals surface area contributed by atoms with Crippen molar-refractivity contribution in [3.05, 3.63) is 60.2 Å². The van der Waals surface area contributed by atoms with Crippen molar-refractivity contribution < 1.29 is 24.2 Å². The summed E-state index contributed by atoms with van der Waals surface area (Å²) >= 11 is 0. The van der Waals surface area contributed by atoms with Gasteiger partial charge in [0.1, 0.15) is 11.6 Å². The first-order valence-electron chi connectivity index (χ1n) is 14.6. The second-order valence-electron chi connectivity index (χ2n) is 11.7. The molecule has 2 saturated heterocycles. The normalized spacial score (nSPS) is 34.7. The second-order valence-corrected chi connectivity index (χ2v) is 11.7. The van der Waals surface area contributed by atoms with Crippen LogP contribution in [0.2, 0.25) is 0 Å². The fourth-order valence-electron chi connectivity index (χ4n) is 7.84. The lowest BCUT2D eigenvalue weighted by Gasteiger charge is -2.40. The number of ether oxygens (including phenoxy) is 1. The molecule has 0 bridgehead atoms. The Labute approximate surface area is 230 Å². The van der Waals surface area contributed by atoms with Crippen LogP contribution >= 0.6 is 0 Å². The average Bonchev–Trinajstić information content (AvgIpc) is 3.24. The monoisotopic (exact) mass is 533 g/mol. The summed E-state index contributed by atoms with van der Waals surface area (Å²) in [4.78, 5) is 48.2. The van der Waals surface area contributed by atoms with Crippen LogP contribution in [0.4, 0.5) is 0 Å². The number of aliphatic hydroxyl groups is 1. The van der Waals surface area contributed by atoms with Gasteiger partial charge in [0.15, 0.2) is 0 Å². The molecule has 3 fully saturated rings. The van der Waals surface area contributed by atoms with Crippen molar-refractivity contribution in [1.29, 1.82) is 0 Å². The van der Waals surface area contributed by atoms with Gasteiger partial charge < -0.3 is 24.5 Å². The zero-order valence-corrected chi connectivity index (χ0v) is 22.7. The van der Waals surface area contributed by atoms with Gasteiger partial charge in [0.2, 0.25) is 17.7 Å². The van der Waals surface area contributed by atoms with E-state index in [0.29, 0.717) is 26.1 Å². The van der Waals surface area contributed by atoms with E-state index in [4.69, 9.17) is 4.74 Å². The fourth-order valence-corrected chi connectivity index (χ4v) is 7.84.